The van der Waals surface area contributed by atoms with Crippen LogP contribution in [0.3, 0.4) is 0 Å². The molecule has 0 aliphatic rings. The number of Topliss-reactive ketones (excluding diaryl/α,β-unsaturated/α-hetero) is 1. The summed E-state index contributed by atoms with van der Waals surface area (Å²) in [5, 5.41) is 3.06. The molecule has 1 N–H and O–H groups in total. The molecule has 2 aromatic rings. The lowest BCUT2D eigenvalue weighted by Crippen LogP contribution is -2.48. The standard InChI is InChI=1S/C32H46N2O4/c1-6-9-10-11-22-33-31(36)25-34(4,5)23-12-13-24-37-32-27(15-7-2)16-14-17-30(32)38-28-20-18-26(19-21-28)29(35)8-3/h7,14,16-21H,2,6,8-13,15,22-25H2,1,3-5H3/p+1. The summed E-state index contributed by atoms with van der Waals surface area (Å²) in [6.45, 7) is 10.6. The maximum absolute atomic E-state index is 12.3. The van der Waals surface area contributed by atoms with Gasteiger partial charge in [0.05, 0.1) is 27.2 Å². The molecule has 0 saturated heterocycles. The van der Waals surface area contributed by atoms with Gasteiger partial charge in [-0.1, -0.05) is 51.3 Å². The topological polar surface area (TPSA) is 64.6 Å². The summed E-state index contributed by atoms with van der Waals surface area (Å²) >= 11 is 0. The Bertz CT molecular complexity index is 1010. The van der Waals surface area contributed by atoms with Crippen molar-refractivity contribution in [3.8, 4) is 17.2 Å². The lowest BCUT2D eigenvalue weighted by molar-refractivity contribution is -0.882. The molecule has 0 heterocycles. The molecular formula is C32H47N2O4+. The molecule has 38 heavy (non-hydrogen) atoms. The first-order valence-electron chi connectivity index (χ1n) is 14.0. The molecule has 0 spiro atoms. The van der Waals surface area contributed by atoms with Crippen LogP contribution in [0.1, 0.15) is 74.7 Å². The van der Waals surface area contributed by atoms with E-state index in [0.717, 1.165) is 43.7 Å². The van der Waals surface area contributed by atoms with E-state index in [1.165, 1.54) is 19.3 Å². The maximum Gasteiger partial charge on any atom is 0.275 e. The number of nitrogens with one attached hydrogen (secondary N) is 1. The summed E-state index contributed by atoms with van der Waals surface area (Å²) in [6, 6.07) is 13.1. The highest BCUT2D eigenvalue weighted by Crippen LogP contribution is 2.35. The molecule has 0 aromatic heterocycles. The van der Waals surface area contributed by atoms with E-state index in [1.54, 1.807) is 12.1 Å². The molecule has 0 radical (unpaired) electrons. The molecule has 208 valence electrons. The van der Waals surface area contributed by atoms with Gasteiger partial charge in [-0.05, 0) is 56.0 Å². The van der Waals surface area contributed by atoms with E-state index in [0.29, 0.717) is 47.5 Å². The average molecular weight is 524 g/mol. The van der Waals surface area contributed by atoms with Crippen molar-refractivity contribution >= 4 is 11.7 Å². The third-order valence-electron chi connectivity index (χ3n) is 6.48. The molecule has 0 aliphatic heterocycles. The van der Waals surface area contributed by atoms with Crippen molar-refractivity contribution in [3.05, 3.63) is 66.2 Å². The number of likely N-dealkylation sites (N-methyl/N-ethyl adjacent to an activating group) is 1. The number of para-hydroxylation sites is 1. The third-order valence-corrected chi connectivity index (χ3v) is 6.48. The molecule has 0 bridgehead atoms. The minimum absolute atomic E-state index is 0.110. The van der Waals surface area contributed by atoms with Gasteiger partial charge in [-0.15, -0.1) is 6.58 Å². The van der Waals surface area contributed by atoms with Crippen LogP contribution in [0.5, 0.6) is 17.2 Å². The van der Waals surface area contributed by atoms with E-state index in [9.17, 15) is 9.59 Å². The number of ketones is 1. The van der Waals surface area contributed by atoms with Gasteiger partial charge in [0.2, 0.25) is 0 Å². The minimum Gasteiger partial charge on any atom is -0.489 e. The Balaban J connectivity index is 1.88. The number of amides is 1. The Morgan fingerprint density at radius 3 is 2.42 bits per heavy atom. The number of nitrogens with zero attached hydrogens (tertiary/aromatic N) is 1. The van der Waals surface area contributed by atoms with Crippen molar-refractivity contribution in [1.29, 1.82) is 0 Å². The highest BCUT2D eigenvalue weighted by Gasteiger charge is 2.19. The van der Waals surface area contributed by atoms with E-state index in [4.69, 9.17) is 9.47 Å². The first-order chi connectivity index (χ1) is 18.3. The number of hydrogen-bond acceptors (Lipinski definition) is 4. The van der Waals surface area contributed by atoms with Gasteiger partial charge in [-0.3, -0.25) is 9.59 Å². The lowest BCUT2D eigenvalue weighted by atomic mass is 10.1. The number of hydrogen-bond donors (Lipinski definition) is 1. The van der Waals surface area contributed by atoms with Crippen molar-refractivity contribution < 1.29 is 23.5 Å². The SMILES string of the molecule is C=CCc1cccc(Oc2ccc(C(=O)CC)cc2)c1OCCCC[N+](C)(C)CC(=O)NCCCCCC. The average Bonchev–Trinajstić information content (AvgIpc) is 2.89. The van der Waals surface area contributed by atoms with Crippen molar-refractivity contribution in [1.82, 2.24) is 5.32 Å². The van der Waals surface area contributed by atoms with Crippen molar-refractivity contribution in [2.45, 2.75) is 65.2 Å². The number of allylic oxidation sites excluding steroid dienone is 1. The third kappa shape index (κ3) is 11.1. The molecule has 0 unspecified atom stereocenters. The van der Waals surface area contributed by atoms with Gasteiger partial charge in [0.25, 0.3) is 5.91 Å². The second-order valence-electron chi connectivity index (χ2n) is 10.4. The molecule has 0 saturated carbocycles. The van der Waals surface area contributed by atoms with Gasteiger partial charge in [-0.25, -0.2) is 0 Å². The van der Waals surface area contributed by atoms with E-state index < -0.39 is 0 Å². The van der Waals surface area contributed by atoms with Crippen LogP contribution in [0.25, 0.3) is 0 Å². The normalized spacial score (nSPS) is 11.2. The zero-order chi connectivity index (χ0) is 27.8. The van der Waals surface area contributed by atoms with Crippen LogP contribution in [0, 0.1) is 0 Å². The van der Waals surface area contributed by atoms with Crippen molar-refractivity contribution in [2.75, 3.05) is 40.3 Å². The molecule has 0 aliphatic carbocycles. The molecule has 6 heteroatoms. The van der Waals surface area contributed by atoms with E-state index >= 15 is 0 Å². The Labute approximate surface area is 229 Å². The zero-order valence-corrected chi connectivity index (χ0v) is 23.9. The summed E-state index contributed by atoms with van der Waals surface area (Å²) in [4.78, 5) is 24.3. The molecule has 0 fully saturated rings. The Kier molecular flexibility index (Phi) is 13.6. The van der Waals surface area contributed by atoms with Crippen LogP contribution in [0.2, 0.25) is 0 Å². The number of benzene rings is 2. The highest BCUT2D eigenvalue weighted by atomic mass is 16.5. The fourth-order valence-corrected chi connectivity index (χ4v) is 4.28. The molecule has 0 atom stereocenters. The fraction of sp³-hybridized carbons (Fsp3) is 0.500. The van der Waals surface area contributed by atoms with E-state index in [2.05, 4.69) is 32.9 Å². The van der Waals surface area contributed by atoms with Crippen LogP contribution >= 0.6 is 0 Å². The van der Waals surface area contributed by atoms with Crippen molar-refractivity contribution in [2.24, 2.45) is 0 Å². The van der Waals surface area contributed by atoms with Crippen LogP contribution in [-0.4, -0.2) is 56.5 Å². The second-order valence-corrected chi connectivity index (χ2v) is 10.4. The van der Waals surface area contributed by atoms with Crippen LogP contribution in [-0.2, 0) is 11.2 Å². The number of carbonyl (C=O) groups excluding carboxylic acids is 2. The van der Waals surface area contributed by atoms with E-state index in [1.807, 2.05) is 43.3 Å². The van der Waals surface area contributed by atoms with Gasteiger partial charge in [-0.2, -0.15) is 0 Å². The summed E-state index contributed by atoms with van der Waals surface area (Å²) in [5.74, 6) is 2.25. The molecule has 2 rings (SSSR count). The fourth-order valence-electron chi connectivity index (χ4n) is 4.28. The molecule has 2 aromatic carbocycles. The lowest BCUT2D eigenvalue weighted by Gasteiger charge is -2.29. The van der Waals surface area contributed by atoms with Crippen LogP contribution in [0.15, 0.2) is 55.1 Å². The van der Waals surface area contributed by atoms with Gasteiger partial charge < -0.3 is 19.3 Å². The summed E-state index contributed by atoms with van der Waals surface area (Å²) in [6.07, 6.45) is 9.46. The predicted molar refractivity (Wildman–Crippen MR) is 155 cm³/mol. The largest absolute Gasteiger partial charge is 0.489 e. The number of carbonyl (C=O) groups is 2. The zero-order valence-electron chi connectivity index (χ0n) is 23.9. The van der Waals surface area contributed by atoms with Crippen LogP contribution < -0.4 is 14.8 Å². The van der Waals surface area contributed by atoms with Crippen LogP contribution in [0.4, 0.5) is 0 Å². The van der Waals surface area contributed by atoms with Gasteiger partial charge in [0.15, 0.2) is 23.8 Å². The predicted octanol–water partition coefficient (Wildman–Crippen LogP) is 6.73. The quantitative estimate of drug-likeness (QED) is 0.0959. The Morgan fingerprint density at radius 2 is 1.74 bits per heavy atom. The Hall–Kier alpha value is -3.12. The monoisotopic (exact) mass is 523 g/mol. The summed E-state index contributed by atoms with van der Waals surface area (Å²) in [5.41, 5.74) is 1.70. The smallest absolute Gasteiger partial charge is 0.275 e. The van der Waals surface area contributed by atoms with Gasteiger partial charge in [0, 0.05) is 24.1 Å². The first-order valence-corrected chi connectivity index (χ1v) is 14.0. The summed E-state index contributed by atoms with van der Waals surface area (Å²) < 4.78 is 13.0. The first kappa shape index (κ1) is 31.1. The van der Waals surface area contributed by atoms with Crippen molar-refractivity contribution in [3.63, 3.8) is 0 Å². The summed E-state index contributed by atoms with van der Waals surface area (Å²) in [7, 11) is 4.20. The second kappa shape index (κ2) is 16.7. The molecule has 6 nitrogen and oxygen atoms in total. The molecule has 1 amide bonds. The number of ether oxygens (including phenoxy) is 2. The van der Waals surface area contributed by atoms with Gasteiger partial charge >= 0.3 is 0 Å². The minimum atomic E-state index is 0.110. The molecular weight excluding hydrogens is 476 g/mol. The Morgan fingerprint density at radius 1 is 0.974 bits per heavy atom. The number of rotatable bonds is 19. The van der Waals surface area contributed by atoms with E-state index in [-0.39, 0.29) is 11.7 Å². The highest BCUT2D eigenvalue weighted by molar-refractivity contribution is 5.95. The number of unbranched alkanes of at least 4 members (excludes halogenated alkanes) is 4. The van der Waals surface area contributed by atoms with Gasteiger partial charge in [0.1, 0.15) is 5.75 Å². The number of quaternary nitrogens is 1. The maximum atomic E-state index is 12.3.